The fourth-order valence-electron chi connectivity index (χ4n) is 2.33. The first-order valence-electron chi connectivity index (χ1n) is 8.23. The minimum atomic E-state index is -4.05. The van der Waals surface area contributed by atoms with Crippen LogP contribution in [0.15, 0.2) is 18.2 Å². The molecule has 0 bridgehead atoms. The van der Waals surface area contributed by atoms with Crippen LogP contribution in [0.3, 0.4) is 0 Å². The third-order valence-electron chi connectivity index (χ3n) is 3.64. The van der Waals surface area contributed by atoms with E-state index in [2.05, 4.69) is 0 Å². The molecule has 8 heteroatoms. The fraction of sp³-hybridized carbons (Fsp3) is 0.588. The van der Waals surface area contributed by atoms with Gasteiger partial charge in [0.25, 0.3) is 0 Å². The zero-order chi connectivity index (χ0) is 17.8. The second-order valence-corrected chi connectivity index (χ2v) is 7.68. The number of hydrogen-bond acceptors (Lipinski definition) is 5. The number of aldehydes is 1. The monoisotopic (exact) mass is 398 g/mol. The molecule has 0 N–H and O–H groups in total. The molecule has 0 aliphatic heterocycles. The van der Waals surface area contributed by atoms with Crippen LogP contribution in [-0.2, 0) is 10.1 Å². The van der Waals surface area contributed by atoms with E-state index in [0.29, 0.717) is 29.4 Å². The van der Waals surface area contributed by atoms with E-state index in [-0.39, 0.29) is 35.3 Å². The van der Waals surface area contributed by atoms with Crippen LogP contribution in [0.5, 0.6) is 5.75 Å². The number of hydrogen-bond donors (Lipinski definition) is 0. The first kappa shape index (κ1) is 24.9. The molecule has 0 fully saturated rings. The maximum absolute atomic E-state index is 10.6. The van der Waals surface area contributed by atoms with E-state index < -0.39 is 10.1 Å². The number of carbonyl (C=O) groups is 1. The average Bonchev–Trinajstić information content (AvgIpc) is 2.52. The van der Waals surface area contributed by atoms with E-state index >= 15 is 0 Å². The van der Waals surface area contributed by atoms with E-state index in [0.717, 1.165) is 51.2 Å². The predicted octanol–water partition coefficient (Wildman–Crippen LogP) is 1.20. The van der Waals surface area contributed by atoms with Crippen molar-refractivity contribution in [1.29, 1.82) is 0 Å². The molecule has 1 rings (SSSR count). The zero-order valence-corrected chi connectivity index (χ0v) is 18.3. The Hall–Kier alpha value is -0.110. The average molecular weight is 399 g/mol. The molecule has 5 nitrogen and oxygen atoms in total. The standard InChI is InChI=1S/C17H25ClO5S.Na/c18-16-13-15(14-19)9-10-17(16)23-11-7-5-3-1-2-4-6-8-12-24(20,21)22;/h9-10,13-14H,1-8,11-12H2,(H,20,21,22);/q;+1/p-1. The van der Waals surface area contributed by atoms with Crippen molar-refractivity contribution in [3.05, 3.63) is 28.8 Å². The third kappa shape index (κ3) is 12.8. The molecule has 0 unspecified atom stereocenters. The summed E-state index contributed by atoms with van der Waals surface area (Å²) in [6, 6.07) is 4.96. The van der Waals surface area contributed by atoms with E-state index in [4.69, 9.17) is 16.3 Å². The Bertz CT molecular complexity index is 607. The van der Waals surface area contributed by atoms with Crippen molar-refractivity contribution in [3.8, 4) is 5.75 Å². The molecule has 0 aliphatic rings. The summed E-state index contributed by atoms with van der Waals surface area (Å²) < 4.78 is 36.9. The van der Waals surface area contributed by atoms with E-state index in [1.54, 1.807) is 18.2 Å². The van der Waals surface area contributed by atoms with Gasteiger partial charge in [0, 0.05) is 11.3 Å². The van der Waals surface area contributed by atoms with E-state index in [1.807, 2.05) is 0 Å². The minimum Gasteiger partial charge on any atom is -0.748 e. The quantitative estimate of drug-likeness (QED) is 0.216. The topological polar surface area (TPSA) is 83.5 Å². The van der Waals surface area contributed by atoms with Crippen molar-refractivity contribution in [2.75, 3.05) is 12.4 Å². The van der Waals surface area contributed by atoms with Gasteiger partial charge in [-0.3, -0.25) is 4.79 Å². The van der Waals surface area contributed by atoms with Gasteiger partial charge in [-0.2, -0.15) is 0 Å². The maximum Gasteiger partial charge on any atom is 1.00 e. The van der Waals surface area contributed by atoms with Crippen molar-refractivity contribution in [2.24, 2.45) is 0 Å². The first-order chi connectivity index (χ1) is 11.4. The molecule has 0 atom stereocenters. The SMILES string of the molecule is O=Cc1ccc(OCCCCCCCCCCS(=O)(=O)[O-])c(Cl)c1.[Na+]. The molecule has 0 spiro atoms. The number of carbonyl (C=O) groups excluding carboxylic acids is 1. The maximum atomic E-state index is 10.6. The van der Waals surface area contributed by atoms with Gasteiger partial charge in [-0.05, 0) is 31.0 Å². The number of halogens is 1. The summed E-state index contributed by atoms with van der Waals surface area (Å²) in [5.41, 5.74) is 0.528. The smallest absolute Gasteiger partial charge is 0.748 e. The number of unbranched alkanes of at least 4 members (excludes halogenated alkanes) is 7. The van der Waals surface area contributed by atoms with Gasteiger partial charge in [-0.15, -0.1) is 0 Å². The minimum absolute atomic E-state index is 0. The summed E-state index contributed by atoms with van der Waals surface area (Å²) in [4.78, 5) is 10.6. The molecule has 1 aromatic rings. The van der Waals surface area contributed by atoms with Gasteiger partial charge >= 0.3 is 29.6 Å². The van der Waals surface area contributed by atoms with E-state index in [9.17, 15) is 17.8 Å². The largest absolute Gasteiger partial charge is 1.00 e. The normalized spacial score (nSPS) is 11.0. The van der Waals surface area contributed by atoms with Crippen molar-refractivity contribution in [3.63, 3.8) is 0 Å². The Morgan fingerprint density at radius 2 is 1.56 bits per heavy atom. The van der Waals surface area contributed by atoms with Gasteiger partial charge in [0.2, 0.25) is 0 Å². The molecule has 0 radical (unpaired) electrons. The van der Waals surface area contributed by atoms with Gasteiger partial charge in [0.15, 0.2) is 0 Å². The van der Waals surface area contributed by atoms with Crippen LogP contribution in [-0.4, -0.2) is 31.6 Å². The molecule has 0 aliphatic carbocycles. The van der Waals surface area contributed by atoms with E-state index in [1.165, 1.54) is 0 Å². The van der Waals surface area contributed by atoms with Crippen molar-refractivity contribution >= 4 is 28.0 Å². The predicted molar refractivity (Wildman–Crippen MR) is 93.8 cm³/mol. The summed E-state index contributed by atoms with van der Waals surface area (Å²) in [7, 11) is -4.05. The Morgan fingerprint density at radius 3 is 2.08 bits per heavy atom. The Kier molecular flexibility index (Phi) is 13.9. The van der Waals surface area contributed by atoms with Crippen LogP contribution in [0, 0.1) is 0 Å². The van der Waals surface area contributed by atoms with Crippen molar-refractivity contribution < 1.29 is 52.1 Å². The van der Waals surface area contributed by atoms with Crippen LogP contribution >= 0.6 is 11.6 Å². The number of ether oxygens (including phenoxy) is 1. The van der Waals surface area contributed by atoms with Gasteiger partial charge < -0.3 is 9.29 Å². The Morgan fingerprint density at radius 1 is 1.00 bits per heavy atom. The van der Waals surface area contributed by atoms with Crippen LogP contribution in [0.25, 0.3) is 0 Å². The Balaban J connectivity index is 0.00000576. The second kappa shape index (κ2) is 14.0. The van der Waals surface area contributed by atoms with Crippen molar-refractivity contribution in [1.82, 2.24) is 0 Å². The zero-order valence-electron chi connectivity index (χ0n) is 14.7. The molecule has 0 aromatic heterocycles. The third-order valence-corrected chi connectivity index (χ3v) is 4.72. The molecule has 0 saturated carbocycles. The van der Waals surface area contributed by atoms with Gasteiger partial charge in [-0.25, -0.2) is 8.42 Å². The summed E-state index contributed by atoms with van der Waals surface area (Å²) in [6.45, 7) is 0.585. The van der Waals surface area contributed by atoms with Gasteiger partial charge in [0.1, 0.15) is 12.0 Å². The number of benzene rings is 1. The van der Waals surface area contributed by atoms with Gasteiger partial charge in [0.05, 0.1) is 21.7 Å². The molecule has 0 heterocycles. The fourth-order valence-corrected chi connectivity index (χ4v) is 3.13. The Labute approximate surface area is 177 Å². The summed E-state index contributed by atoms with van der Waals surface area (Å²) in [6.07, 6.45) is 8.20. The van der Waals surface area contributed by atoms with Crippen LogP contribution < -0.4 is 34.3 Å². The summed E-state index contributed by atoms with van der Waals surface area (Å²) >= 11 is 6.02. The number of rotatable bonds is 13. The molecule has 25 heavy (non-hydrogen) atoms. The molecular weight excluding hydrogens is 375 g/mol. The molecule has 136 valence electrons. The van der Waals surface area contributed by atoms with Crippen molar-refractivity contribution in [2.45, 2.75) is 51.4 Å². The molecule has 0 saturated heterocycles. The van der Waals surface area contributed by atoms with Crippen LogP contribution in [0.1, 0.15) is 61.7 Å². The molecule has 0 amide bonds. The van der Waals surface area contributed by atoms with Gasteiger partial charge in [-0.1, -0.05) is 50.1 Å². The molecule has 1 aromatic carbocycles. The molecular formula is C17H24ClNaO5S. The summed E-state index contributed by atoms with van der Waals surface area (Å²) in [5.74, 6) is 0.344. The second-order valence-electron chi connectivity index (χ2n) is 5.75. The van der Waals surface area contributed by atoms with Crippen LogP contribution in [0.4, 0.5) is 0 Å². The summed E-state index contributed by atoms with van der Waals surface area (Å²) in [5, 5.41) is 0.444. The van der Waals surface area contributed by atoms with Crippen LogP contribution in [0.2, 0.25) is 5.02 Å². The first-order valence-corrected chi connectivity index (χ1v) is 10.2.